The van der Waals surface area contributed by atoms with E-state index in [1.807, 2.05) is 66.1 Å². The number of carbonyl (C=O) groups excluding carboxylic acids is 1. The molecule has 35 heavy (non-hydrogen) atoms. The summed E-state index contributed by atoms with van der Waals surface area (Å²) in [4.78, 5) is 28.1. The second-order valence-corrected chi connectivity index (χ2v) is 8.44. The zero-order chi connectivity index (χ0) is 24.5. The van der Waals surface area contributed by atoms with Gasteiger partial charge in [-0.1, -0.05) is 42.5 Å². The first-order chi connectivity index (χ1) is 16.9. The first kappa shape index (κ1) is 22.5. The van der Waals surface area contributed by atoms with E-state index in [1.54, 1.807) is 11.0 Å². The fourth-order valence-electron chi connectivity index (χ4n) is 4.40. The summed E-state index contributed by atoms with van der Waals surface area (Å²) in [5, 5.41) is 9.98. The molecule has 1 saturated heterocycles. The Morgan fingerprint density at radius 3 is 2.26 bits per heavy atom. The van der Waals surface area contributed by atoms with Gasteiger partial charge in [-0.05, 0) is 36.8 Å². The maximum absolute atomic E-state index is 14.1. The summed E-state index contributed by atoms with van der Waals surface area (Å²) in [6.45, 7) is 2.83. The molecule has 0 spiro atoms. The number of piperazine rings is 1. The molecule has 0 aliphatic carbocycles. The number of nitrogens with zero attached hydrogens (tertiary/aromatic N) is 3. The lowest BCUT2D eigenvalue weighted by Gasteiger charge is -2.33. The molecule has 2 heterocycles. The number of carbonyl (C=O) groups is 2. The van der Waals surface area contributed by atoms with Gasteiger partial charge in [0.1, 0.15) is 17.1 Å². The minimum absolute atomic E-state index is 0.234. The molecule has 2 amide bonds. The normalized spacial score (nSPS) is 13.8. The van der Waals surface area contributed by atoms with Crippen molar-refractivity contribution in [3.8, 4) is 17.3 Å². The molecule has 1 aliphatic heterocycles. The number of aromatic nitrogens is 1. The molecule has 3 aromatic carbocycles. The third-order valence-corrected chi connectivity index (χ3v) is 6.25. The maximum Gasteiger partial charge on any atom is 0.407 e. The number of ether oxygens (including phenoxy) is 1. The summed E-state index contributed by atoms with van der Waals surface area (Å²) < 4.78 is 22.3. The predicted octanol–water partition coefficient (Wildman–Crippen LogP) is 5.31. The van der Waals surface area contributed by atoms with Crippen molar-refractivity contribution in [1.29, 1.82) is 0 Å². The topological polar surface area (TPSA) is 75.0 Å². The van der Waals surface area contributed by atoms with Gasteiger partial charge in [0, 0.05) is 43.3 Å². The van der Waals surface area contributed by atoms with E-state index in [4.69, 9.17) is 4.74 Å². The van der Waals surface area contributed by atoms with Gasteiger partial charge in [-0.3, -0.25) is 9.36 Å². The predicted molar refractivity (Wildman–Crippen MR) is 130 cm³/mol. The van der Waals surface area contributed by atoms with Crippen LogP contribution in [0.25, 0.3) is 16.6 Å². The molecule has 5 rings (SSSR count). The molecule has 0 unspecified atom stereocenters. The lowest BCUT2D eigenvalue weighted by molar-refractivity contribution is 0.0624. The highest BCUT2D eigenvalue weighted by Crippen LogP contribution is 2.39. The Hall–Kier alpha value is -4.33. The van der Waals surface area contributed by atoms with Crippen LogP contribution in [0.2, 0.25) is 0 Å². The summed E-state index contributed by atoms with van der Waals surface area (Å²) in [6, 6.07) is 21.3. The van der Waals surface area contributed by atoms with Gasteiger partial charge in [0.2, 0.25) is 5.88 Å². The largest absolute Gasteiger partial charge is 0.465 e. The molecule has 1 N–H and O–H groups in total. The zero-order valence-electron chi connectivity index (χ0n) is 19.1. The van der Waals surface area contributed by atoms with E-state index in [1.165, 1.54) is 17.0 Å². The highest BCUT2D eigenvalue weighted by atomic mass is 19.1. The number of fused-ring (bicyclic) bond motifs is 1. The van der Waals surface area contributed by atoms with Crippen molar-refractivity contribution in [3.05, 3.63) is 89.7 Å². The van der Waals surface area contributed by atoms with Crippen LogP contribution in [0.3, 0.4) is 0 Å². The number of rotatable bonds is 4. The SMILES string of the molecule is Cc1ccc(F)cc1Oc1c(C(=O)N2CCN(C(=O)O)CC2)c2ccccc2n1-c1ccccc1. The van der Waals surface area contributed by atoms with Crippen LogP contribution in [-0.2, 0) is 0 Å². The van der Waals surface area contributed by atoms with E-state index < -0.39 is 11.9 Å². The molecule has 178 valence electrons. The van der Waals surface area contributed by atoms with Crippen molar-refractivity contribution in [2.75, 3.05) is 26.2 Å². The van der Waals surface area contributed by atoms with E-state index in [9.17, 15) is 19.1 Å². The van der Waals surface area contributed by atoms with E-state index in [0.29, 0.717) is 16.7 Å². The van der Waals surface area contributed by atoms with Crippen molar-refractivity contribution in [2.24, 2.45) is 0 Å². The Labute approximate surface area is 201 Å². The molecule has 0 saturated carbocycles. The second kappa shape index (κ2) is 9.13. The first-order valence-electron chi connectivity index (χ1n) is 11.3. The Bertz CT molecular complexity index is 1410. The molecule has 0 bridgehead atoms. The molecule has 4 aromatic rings. The molecule has 0 atom stereocenters. The highest BCUT2D eigenvalue weighted by molar-refractivity contribution is 6.10. The van der Waals surface area contributed by atoms with Crippen LogP contribution in [0.15, 0.2) is 72.8 Å². The van der Waals surface area contributed by atoms with Gasteiger partial charge in [0.05, 0.1) is 5.52 Å². The maximum atomic E-state index is 14.1. The molecular formula is C27H24FN3O4. The Kier molecular flexibility index (Phi) is 5.86. The molecule has 1 aromatic heterocycles. The monoisotopic (exact) mass is 473 g/mol. The van der Waals surface area contributed by atoms with Crippen LogP contribution in [0.5, 0.6) is 11.6 Å². The lowest BCUT2D eigenvalue weighted by atomic mass is 10.1. The average Bonchev–Trinajstić information content (AvgIpc) is 3.20. The van der Waals surface area contributed by atoms with Gasteiger partial charge in [-0.15, -0.1) is 0 Å². The summed E-state index contributed by atoms with van der Waals surface area (Å²) in [6.07, 6.45) is -0.997. The third-order valence-electron chi connectivity index (χ3n) is 6.25. The van der Waals surface area contributed by atoms with Gasteiger partial charge in [0.25, 0.3) is 5.91 Å². The Morgan fingerprint density at radius 2 is 1.54 bits per heavy atom. The molecule has 0 radical (unpaired) electrons. The van der Waals surface area contributed by atoms with Gasteiger partial charge in [-0.2, -0.15) is 0 Å². The number of hydrogen-bond donors (Lipinski definition) is 1. The van der Waals surface area contributed by atoms with E-state index in [2.05, 4.69) is 0 Å². The van der Waals surface area contributed by atoms with Crippen molar-refractivity contribution < 1.29 is 23.8 Å². The summed E-state index contributed by atoms with van der Waals surface area (Å²) in [5.74, 6) is -0.0953. The van der Waals surface area contributed by atoms with Crippen LogP contribution in [0.4, 0.5) is 9.18 Å². The van der Waals surface area contributed by atoms with E-state index in [0.717, 1.165) is 16.8 Å². The molecule has 7 nitrogen and oxygen atoms in total. The van der Waals surface area contributed by atoms with Crippen LogP contribution in [0, 0.1) is 12.7 Å². The average molecular weight is 474 g/mol. The fraction of sp³-hybridized carbons (Fsp3) is 0.185. The molecule has 1 aliphatic rings. The number of hydrogen-bond acceptors (Lipinski definition) is 3. The summed E-state index contributed by atoms with van der Waals surface area (Å²) in [7, 11) is 0. The first-order valence-corrected chi connectivity index (χ1v) is 11.3. The van der Waals surface area contributed by atoms with Gasteiger partial charge in [0.15, 0.2) is 0 Å². The number of benzene rings is 3. The Balaban J connectivity index is 1.68. The second-order valence-electron chi connectivity index (χ2n) is 8.44. The molecular weight excluding hydrogens is 449 g/mol. The molecule has 8 heteroatoms. The smallest absolute Gasteiger partial charge is 0.407 e. The number of aryl methyl sites for hydroxylation is 1. The van der Waals surface area contributed by atoms with E-state index in [-0.39, 0.29) is 38.0 Å². The van der Waals surface area contributed by atoms with Crippen LogP contribution in [-0.4, -0.2) is 57.7 Å². The quantitative estimate of drug-likeness (QED) is 0.436. The zero-order valence-corrected chi connectivity index (χ0v) is 19.1. The standard InChI is InChI=1S/C27H24FN3O4/c1-18-11-12-19(28)17-23(18)35-26-24(25(32)29-13-15-30(16-14-29)27(33)34)21-9-5-6-10-22(21)31(26)20-7-3-2-4-8-20/h2-12,17H,13-16H2,1H3,(H,33,34). The summed E-state index contributed by atoms with van der Waals surface area (Å²) >= 11 is 0. The van der Waals surface area contributed by atoms with Gasteiger partial charge in [-0.25, -0.2) is 9.18 Å². The highest BCUT2D eigenvalue weighted by Gasteiger charge is 2.31. The van der Waals surface area contributed by atoms with E-state index >= 15 is 0 Å². The number of amides is 2. The van der Waals surface area contributed by atoms with Crippen LogP contribution in [0.1, 0.15) is 15.9 Å². The number of carboxylic acid groups (broad SMARTS) is 1. The number of para-hydroxylation sites is 2. The van der Waals surface area contributed by atoms with Crippen molar-refractivity contribution in [1.82, 2.24) is 14.4 Å². The van der Waals surface area contributed by atoms with Gasteiger partial charge >= 0.3 is 6.09 Å². The van der Waals surface area contributed by atoms with Crippen LogP contribution < -0.4 is 4.74 Å². The van der Waals surface area contributed by atoms with Crippen molar-refractivity contribution in [2.45, 2.75) is 6.92 Å². The minimum atomic E-state index is -0.997. The number of halogens is 1. The molecule has 1 fully saturated rings. The fourth-order valence-corrected chi connectivity index (χ4v) is 4.40. The summed E-state index contributed by atoms with van der Waals surface area (Å²) in [5.41, 5.74) is 2.65. The van der Waals surface area contributed by atoms with Gasteiger partial charge < -0.3 is 19.6 Å². The van der Waals surface area contributed by atoms with Crippen LogP contribution >= 0.6 is 0 Å². The third kappa shape index (κ3) is 4.19. The lowest BCUT2D eigenvalue weighted by Crippen LogP contribution is -2.50. The van der Waals surface area contributed by atoms with Crippen molar-refractivity contribution >= 4 is 22.9 Å². The minimum Gasteiger partial charge on any atom is -0.465 e. The van der Waals surface area contributed by atoms with Crippen molar-refractivity contribution in [3.63, 3.8) is 0 Å². The Morgan fingerprint density at radius 1 is 0.886 bits per heavy atom.